The highest BCUT2D eigenvalue weighted by Crippen LogP contribution is 2.47. The van der Waals surface area contributed by atoms with Crippen LogP contribution in [0.15, 0.2) is 36.9 Å². The van der Waals surface area contributed by atoms with E-state index in [1.54, 1.807) is 7.11 Å². The first-order valence-electron chi connectivity index (χ1n) is 9.27. The van der Waals surface area contributed by atoms with Crippen LogP contribution in [0.4, 0.5) is 0 Å². The Bertz CT molecular complexity index is 782. The number of hydrogen-bond acceptors (Lipinski definition) is 3. The van der Waals surface area contributed by atoms with Gasteiger partial charge in [0.2, 0.25) is 0 Å². The molecule has 1 aromatic heterocycles. The summed E-state index contributed by atoms with van der Waals surface area (Å²) in [7, 11) is 4.03. The molecule has 2 aliphatic heterocycles. The van der Waals surface area contributed by atoms with Gasteiger partial charge in [0, 0.05) is 37.3 Å². The van der Waals surface area contributed by atoms with Gasteiger partial charge >= 0.3 is 0 Å². The summed E-state index contributed by atoms with van der Waals surface area (Å²) in [6.07, 6.45) is 4.95. The molecule has 0 aliphatic carbocycles. The lowest BCUT2D eigenvalue weighted by atomic mass is 9.82. The van der Waals surface area contributed by atoms with E-state index in [2.05, 4.69) is 47.4 Å². The van der Waals surface area contributed by atoms with Gasteiger partial charge in [0.1, 0.15) is 6.23 Å². The van der Waals surface area contributed by atoms with E-state index in [9.17, 15) is 5.11 Å². The maximum absolute atomic E-state index is 9.83. The molecule has 0 spiro atoms. The molecule has 4 rings (SSSR count). The third-order valence-electron chi connectivity index (χ3n) is 6.33. The van der Waals surface area contributed by atoms with Gasteiger partial charge in [-0.2, -0.15) is 0 Å². The molecular weight excluding hydrogens is 312 g/mol. The summed E-state index contributed by atoms with van der Waals surface area (Å²) >= 11 is 0. The van der Waals surface area contributed by atoms with Crippen molar-refractivity contribution < 1.29 is 9.84 Å². The molecule has 0 unspecified atom stereocenters. The SMILES string of the molecule is C=C[C@H](CO)[C@H]1C[C@H](OC)n2c3c(c4ccccc42)CCN(C)[C@H]3C1. The Kier molecular flexibility index (Phi) is 4.44. The lowest BCUT2D eigenvalue weighted by Crippen LogP contribution is -2.34. The van der Waals surface area contributed by atoms with Gasteiger partial charge in [0.05, 0.1) is 11.6 Å². The molecular formula is C21H28N2O2. The van der Waals surface area contributed by atoms with E-state index in [1.807, 2.05) is 6.08 Å². The minimum Gasteiger partial charge on any atom is -0.396 e. The predicted molar refractivity (Wildman–Crippen MR) is 101 cm³/mol. The largest absolute Gasteiger partial charge is 0.396 e. The Morgan fingerprint density at radius 1 is 1.36 bits per heavy atom. The average Bonchev–Trinajstić information content (AvgIpc) is 2.86. The van der Waals surface area contributed by atoms with Crippen molar-refractivity contribution in [2.45, 2.75) is 31.5 Å². The number of nitrogens with zero attached hydrogens (tertiary/aromatic N) is 2. The van der Waals surface area contributed by atoms with Crippen LogP contribution >= 0.6 is 0 Å². The maximum Gasteiger partial charge on any atom is 0.134 e. The molecule has 1 aromatic carbocycles. The number of likely N-dealkylation sites (N-methyl/N-ethyl adjacent to an activating group) is 1. The van der Waals surface area contributed by atoms with Crippen LogP contribution < -0.4 is 0 Å². The van der Waals surface area contributed by atoms with Crippen molar-refractivity contribution in [3.8, 4) is 0 Å². The summed E-state index contributed by atoms with van der Waals surface area (Å²) in [5.41, 5.74) is 4.19. The smallest absolute Gasteiger partial charge is 0.134 e. The second kappa shape index (κ2) is 6.60. The number of aromatic nitrogens is 1. The number of benzene rings is 1. The molecule has 0 amide bonds. The molecule has 0 bridgehead atoms. The zero-order valence-electron chi connectivity index (χ0n) is 15.2. The van der Waals surface area contributed by atoms with Crippen LogP contribution in [0.1, 0.15) is 36.4 Å². The second-order valence-corrected chi connectivity index (χ2v) is 7.50. The third kappa shape index (κ3) is 2.55. The number of ether oxygens (including phenoxy) is 1. The van der Waals surface area contributed by atoms with Crippen LogP contribution in [0.25, 0.3) is 10.9 Å². The van der Waals surface area contributed by atoms with E-state index in [4.69, 9.17) is 4.74 Å². The van der Waals surface area contributed by atoms with Crippen molar-refractivity contribution in [3.05, 3.63) is 48.2 Å². The van der Waals surface area contributed by atoms with Gasteiger partial charge in [0.25, 0.3) is 0 Å². The summed E-state index contributed by atoms with van der Waals surface area (Å²) in [4.78, 5) is 2.47. The quantitative estimate of drug-likeness (QED) is 0.866. The van der Waals surface area contributed by atoms with E-state index in [-0.39, 0.29) is 18.8 Å². The number of rotatable bonds is 4. The summed E-state index contributed by atoms with van der Waals surface area (Å²) in [6.45, 7) is 5.19. The average molecular weight is 340 g/mol. The van der Waals surface area contributed by atoms with Gasteiger partial charge < -0.3 is 14.4 Å². The third-order valence-corrected chi connectivity index (χ3v) is 6.33. The maximum atomic E-state index is 9.83. The van der Waals surface area contributed by atoms with Gasteiger partial charge in [-0.15, -0.1) is 6.58 Å². The van der Waals surface area contributed by atoms with Crippen molar-refractivity contribution in [2.75, 3.05) is 27.3 Å². The molecule has 0 saturated heterocycles. The van der Waals surface area contributed by atoms with Crippen LogP contribution in [0.5, 0.6) is 0 Å². The van der Waals surface area contributed by atoms with Gasteiger partial charge in [-0.25, -0.2) is 0 Å². The minimum absolute atomic E-state index is 0.00384. The fraction of sp³-hybridized carbons (Fsp3) is 0.524. The van der Waals surface area contributed by atoms with Crippen LogP contribution in [0, 0.1) is 11.8 Å². The summed E-state index contributed by atoms with van der Waals surface area (Å²) in [5.74, 6) is 0.483. The minimum atomic E-state index is 0.00384. The number of aliphatic hydroxyl groups excluding tert-OH is 1. The van der Waals surface area contributed by atoms with Crippen LogP contribution in [-0.4, -0.2) is 41.9 Å². The first-order chi connectivity index (χ1) is 12.2. The molecule has 3 heterocycles. The molecule has 0 fully saturated rings. The van der Waals surface area contributed by atoms with Crippen molar-refractivity contribution in [1.82, 2.24) is 9.47 Å². The summed E-state index contributed by atoms with van der Waals surface area (Å²) in [6, 6.07) is 9.09. The zero-order valence-corrected chi connectivity index (χ0v) is 15.2. The fourth-order valence-corrected chi connectivity index (χ4v) is 4.95. The Labute approximate surface area is 149 Å². The Balaban J connectivity index is 1.91. The number of methoxy groups -OCH3 is 1. The highest BCUT2D eigenvalue weighted by molar-refractivity contribution is 5.86. The van der Waals surface area contributed by atoms with Gasteiger partial charge in [-0.3, -0.25) is 4.90 Å². The predicted octanol–water partition coefficient (Wildman–Crippen LogP) is 3.52. The van der Waals surface area contributed by atoms with Crippen LogP contribution in [0.3, 0.4) is 0 Å². The van der Waals surface area contributed by atoms with Crippen LogP contribution in [-0.2, 0) is 11.2 Å². The Morgan fingerprint density at radius 2 is 2.16 bits per heavy atom. The monoisotopic (exact) mass is 340 g/mol. The number of para-hydroxylation sites is 1. The van der Waals surface area contributed by atoms with E-state index < -0.39 is 0 Å². The number of hydrogen-bond donors (Lipinski definition) is 1. The number of fused-ring (bicyclic) bond motifs is 3. The van der Waals surface area contributed by atoms with E-state index in [0.717, 1.165) is 25.8 Å². The molecule has 0 radical (unpaired) electrons. The van der Waals surface area contributed by atoms with Gasteiger partial charge in [0.15, 0.2) is 0 Å². The standard InChI is InChI=1S/C21H28N2O2/c1-4-14(13-24)15-11-19-21-17(9-10-22(19)2)16-7-5-6-8-18(16)23(21)20(12-15)25-3/h4-8,14-15,19-20,24H,1,9-13H2,2-3H3/t14-,15-,19+,20+/m1/s1. The zero-order chi connectivity index (χ0) is 17.6. The van der Waals surface area contributed by atoms with Gasteiger partial charge in [-0.05, 0) is 43.9 Å². The lowest BCUT2D eigenvalue weighted by Gasteiger charge is -2.35. The van der Waals surface area contributed by atoms with Crippen molar-refractivity contribution in [2.24, 2.45) is 11.8 Å². The van der Waals surface area contributed by atoms with E-state index in [0.29, 0.717) is 12.0 Å². The van der Waals surface area contributed by atoms with Crippen molar-refractivity contribution in [1.29, 1.82) is 0 Å². The Hall–Kier alpha value is -1.62. The van der Waals surface area contributed by atoms with Crippen molar-refractivity contribution in [3.63, 3.8) is 0 Å². The van der Waals surface area contributed by atoms with E-state index >= 15 is 0 Å². The topological polar surface area (TPSA) is 37.6 Å². The first-order valence-corrected chi connectivity index (χ1v) is 9.27. The van der Waals surface area contributed by atoms with E-state index in [1.165, 1.54) is 22.2 Å². The highest BCUT2D eigenvalue weighted by Gasteiger charge is 2.39. The molecule has 2 aromatic rings. The fourth-order valence-electron chi connectivity index (χ4n) is 4.95. The molecule has 2 aliphatic rings. The molecule has 4 atom stereocenters. The molecule has 134 valence electrons. The lowest BCUT2D eigenvalue weighted by molar-refractivity contribution is 0.0205. The highest BCUT2D eigenvalue weighted by atomic mass is 16.5. The Morgan fingerprint density at radius 3 is 2.88 bits per heavy atom. The molecule has 0 saturated carbocycles. The van der Waals surface area contributed by atoms with Gasteiger partial charge in [-0.1, -0.05) is 24.3 Å². The normalized spacial score (nSPS) is 27.7. The second-order valence-electron chi connectivity index (χ2n) is 7.50. The summed E-state index contributed by atoms with van der Waals surface area (Å²) < 4.78 is 8.40. The first kappa shape index (κ1) is 16.8. The summed E-state index contributed by atoms with van der Waals surface area (Å²) in [5, 5.41) is 11.2. The molecule has 4 heteroatoms. The molecule has 25 heavy (non-hydrogen) atoms. The van der Waals surface area contributed by atoms with Crippen molar-refractivity contribution >= 4 is 10.9 Å². The molecule has 1 N–H and O–H groups in total. The number of aliphatic hydroxyl groups is 1. The molecule has 4 nitrogen and oxygen atoms in total. The van der Waals surface area contributed by atoms with Crippen LogP contribution in [0.2, 0.25) is 0 Å².